The third-order valence-electron chi connectivity index (χ3n) is 3.73. The zero-order valence-corrected chi connectivity index (χ0v) is 12.5. The summed E-state index contributed by atoms with van der Waals surface area (Å²) in [5.74, 6) is 1.70. The highest BCUT2D eigenvalue weighted by atomic mass is 15.3. The highest BCUT2D eigenvalue weighted by molar-refractivity contribution is 5.39. The topological polar surface area (TPSA) is 66.8 Å². The molecule has 1 N–H and O–H groups in total. The van der Waals surface area contributed by atoms with Crippen molar-refractivity contribution in [1.29, 1.82) is 0 Å². The summed E-state index contributed by atoms with van der Waals surface area (Å²) in [4.78, 5) is 19.5. The molecule has 2 aromatic rings. The van der Waals surface area contributed by atoms with E-state index in [2.05, 4.69) is 37.1 Å². The minimum Gasteiger partial charge on any atom is -0.365 e. The minimum atomic E-state index is 0.369. The number of nitrogens with one attached hydrogen (secondary N) is 1. The molecule has 1 fully saturated rings. The van der Waals surface area contributed by atoms with Crippen LogP contribution in [0.2, 0.25) is 0 Å². The fourth-order valence-electron chi connectivity index (χ4n) is 2.50. The van der Waals surface area contributed by atoms with E-state index in [0.29, 0.717) is 6.04 Å². The predicted molar refractivity (Wildman–Crippen MR) is 82.4 cm³/mol. The first-order valence-electron chi connectivity index (χ1n) is 7.35. The van der Waals surface area contributed by atoms with Crippen molar-refractivity contribution in [2.45, 2.75) is 32.7 Å². The van der Waals surface area contributed by atoms with E-state index in [4.69, 9.17) is 0 Å². The lowest BCUT2D eigenvalue weighted by molar-refractivity contribution is 0.795. The fourth-order valence-corrected chi connectivity index (χ4v) is 2.50. The summed E-state index contributed by atoms with van der Waals surface area (Å²) >= 11 is 0. The molecule has 3 rings (SSSR count). The van der Waals surface area contributed by atoms with Gasteiger partial charge in [-0.1, -0.05) is 6.92 Å². The zero-order chi connectivity index (χ0) is 14.7. The number of aromatic nitrogens is 4. The SMILES string of the molecule is CCc1cnc(N2CCC(Nc3cc(C)ncn3)C2)nc1. The van der Waals surface area contributed by atoms with Gasteiger partial charge in [-0.2, -0.15) is 0 Å². The van der Waals surface area contributed by atoms with E-state index >= 15 is 0 Å². The van der Waals surface area contributed by atoms with Gasteiger partial charge in [0.15, 0.2) is 0 Å². The molecule has 110 valence electrons. The van der Waals surface area contributed by atoms with Crippen molar-refractivity contribution in [2.24, 2.45) is 0 Å². The molecule has 3 heterocycles. The lowest BCUT2D eigenvalue weighted by Crippen LogP contribution is -2.27. The summed E-state index contributed by atoms with van der Waals surface area (Å²) in [5, 5.41) is 3.46. The summed E-state index contributed by atoms with van der Waals surface area (Å²) in [6, 6.07) is 2.34. The molecule has 0 amide bonds. The Hall–Kier alpha value is -2.24. The standard InChI is InChI=1S/C15H20N6/c1-3-12-7-16-15(17-8-12)21-5-4-13(9-21)20-14-6-11(2)18-10-19-14/h6-8,10,13H,3-5,9H2,1-2H3,(H,18,19,20). The van der Waals surface area contributed by atoms with Crippen LogP contribution < -0.4 is 10.2 Å². The third-order valence-corrected chi connectivity index (χ3v) is 3.73. The van der Waals surface area contributed by atoms with E-state index in [9.17, 15) is 0 Å². The van der Waals surface area contributed by atoms with E-state index < -0.39 is 0 Å². The van der Waals surface area contributed by atoms with Gasteiger partial charge >= 0.3 is 0 Å². The Kier molecular flexibility index (Phi) is 3.94. The number of aryl methyl sites for hydroxylation is 2. The van der Waals surface area contributed by atoms with E-state index in [1.807, 2.05) is 25.4 Å². The molecular weight excluding hydrogens is 264 g/mol. The Labute approximate surface area is 124 Å². The molecule has 0 saturated carbocycles. The maximum atomic E-state index is 4.45. The first-order chi connectivity index (χ1) is 10.2. The van der Waals surface area contributed by atoms with Crippen LogP contribution in [0.5, 0.6) is 0 Å². The van der Waals surface area contributed by atoms with Gasteiger partial charge in [0.05, 0.1) is 0 Å². The van der Waals surface area contributed by atoms with Crippen LogP contribution in [0.4, 0.5) is 11.8 Å². The normalized spacial score (nSPS) is 18.0. The molecule has 1 saturated heterocycles. The van der Waals surface area contributed by atoms with Gasteiger partial charge in [0.1, 0.15) is 12.1 Å². The first-order valence-corrected chi connectivity index (χ1v) is 7.35. The van der Waals surface area contributed by atoms with Crippen LogP contribution >= 0.6 is 0 Å². The zero-order valence-electron chi connectivity index (χ0n) is 12.5. The maximum absolute atomic E-state index is 4.45. The van der Waals surface area contributed by atoms with Gasteiger partial charge in [-0.25, -0.2) is 19.9 Å². The van der Waals surface area contributed by atoms with Gasteiger partial charge in [0, 0.05) is 43.3 Å². The number of nitrogens with zero attached hydrogens (tertiary/aromatic N) is 5. The Morgan fingerprint density at radius 1 is 1.24 bits per heavy atom. The third kappa shape index (κ3) is 3.26. The van der Waals surface area contributed by atoms with Gasteiger partial charge in [-0.3, -0.25) is 0 Å². The molecule has 0 spiro atoms. The highest BCUT2D eigenvalue weighted by Crippen LogP contribution is 2.18. The van der Waals surface area contributed by atoms with Gasteiger partial charge in [-0.05, 0) is 25.3 Å². The van der Waals surface area contributed by atoms with Crippen molar-refractivity contribution in [3.05, 3.63) is 36.0 Å². The molecular formula is C15H20N6. The summed E-state index contributed by atoms with van der Waals surface area (Å²) < 4.78 is 0. The molecule has 21 heavy (non-hydrogen) atoms. The molecule has 0 aromatic carbocycles. The Balaban J connectivity index is 1.62. The second kappa shape index (κ2) is 6.03. The second-order valence-corrected chi connectivity index (χ2v) is 5.37. The highest BCUT2D eigenvalue weighted by Gasteiger charge is 2.24. The molecule has 0 aliphatic carbocycles. The van der Waals surface area contributed by atoms with Crippen LogP contribution in [0, 0.1) is 6.92 Å². The molecule has 6 heteroatoms. The fraction of sp³-hybridized carbons (Fsp3) is 0.467. The molecule has 1 aliphatic rings. The smallest absolute Gasteiger partial charge is 0.225 e. The van der Waals surface area contributed by atoms with E-state index in [-0.39, 0.29) is 0 Å². The van der Waals surface area contributed by atoms with E-state index in [0.717, 1.165) is 43.4 Å². The molecule has 0 radical (unpaired) electrons. The van der Waals surface area contributed by atoms with E-state index in [1.54, 1.807) is 6.33 Å². The maximum Gasteiger partial charge on any atom is 0.225 e. The Morgan fingerprint density at radius 2 is 2.05 bits per heavy atom. The monoisotopic (exact) mass is 284 g/mol. The van der Waals surface area contributed by atoms with Crippen molar-refractivity contribution in [3.8, 4) is 0 Å². The van der Waals surface area contributed by atoms with Gasteiger partial charge in [0.25, 0.3) is 0 Å². The summed E-state index contributed by atoms with van der Waals surface area (Å²) in [7, 11) is 0. The van der Waals surface area contributed by atoms with Crippen molar-refractivity contribution >= 4 is 11.8 Å². The average Bonchev–Trinajstić information content (AvgIpc) is 2.96. The average molecular weight is 284 g/mol. The lowest BCUT2D eigenvalue weighted by atomic mass is 10.2. The van der Waals surface area contributed by atoms with Crippen LogP contribution in [0.3, 0.4) is 0 Å². The van der Waals surface area contributed by atoms with Gasteiger partial charge in [0.2, 0.25) is 5.95 Å². The number of rotatable bonds is 4. The van der Waals surface area contributed by atoms with Crippen LogP contribution in [-0.2, 0) is 6.42 Å². The molecule has 0 bridgehead atoms. The van der Waals surface area contributed by atoms with Crippen LogP contribution in [0.1, 0.15) is 24.6 Å². The van der Waals surface area contributed by atoms with E-state index in [1.165, 1.54) is 5.56 Å². The van der Waals surface area contributed by atoms with Crippen molar-refractivity contribution in [2.75, 3.05) is 23.3 Å². The van der Waals surface area contributed by atoms with Crippen LogP contribution in [-0.4, -0.2) is 39.1 Å². The molecule has 1 aliphatic heterocycles. The summed E-state index contributed by atoms with van der Waals surface area (Å²) in [6.07, 6.45) is 7.45. The quantitative estimate of drug-likeness (QED) is 0.924. The van der Waals surface area contributed by atoms with Crippen molar-refractivity contribution in [1.82, 2.24) is 19.9 Å². The molecule has 2 aromatic heterocycles. The van der Waals surface area contributed by atoms with Crippen molar-refractivity contribution < 1.29 is 0 Å². The minimum absolute atomic E-state index is 0.369. The van der Waals surface area contributed by atoms with Gasteiger partial charge < -0.3 is 10.2 Å². The van der Waals surface area contributed by atoms with Gasteiger partial charge in [-0.15, -0.1) is 0 Å². The molecule has 1 unspecified atom stereocenters. The summed E-state index contributed by atoms with van der Waals surface area (Å²) in [6.45, 7) is 5.94. The first kappa shape index (κ1) is 13.7. The number of anilines is 2. The predicted octanol–water partition coefficient (Wildman–Crippen LogP) is 1.83. The van der Waals surface area contributed by atoms with Crippen LogP contribution in [0.25, 0.3) is 0 Å². The molecule has 1 atom stereocenters. The largest absolute Gasteiger partial charge is 0.365 e. The van der Waals surface area contributed by atoms with Crippen LogP contribution in [0.15, 0.2) is 24.8 Å². The lowest BCUT2D eigenvalue weighted by Gasteiger charge is -2.17. The molecule has 6 nitrogen and oxygen atoms in total. The Bertz CT molecular complexity index is 597. The number of hydrogen-bond donors (Lipinski definition) is 1. The van der Waals surface area contributed by atoms with Crippen molar-refractivity contribution in [3.63, 3.8) is 0 Å². The summed E-state index contributed by atoms with van der Waals surface area (Å²) in [5.41, 5.74) is 2.14. The number of hydrogen-bond acceptors (Lipinski definition) is 6. The second-order valence-electron chi connectivity index (χ2n) is 5.37. The Morgan fingerprint density at radius 3 is 2.76 bits per heavy atom.